The van der Waals surface area contributed by atoms with Gasteiger partial charge < -0.3 is 23.8 Å². The molecule has 3 aromatic rings. The number of nitrogens with zero attached hydrogens (tertiary/aromatic N) is 1. The van der Waals surface area contributed by atoms with Crippen LogP contribution in [0.3, 0.4) is 0 Å². The minimum atomic E-state index is -0.456. The lowest BCUT2D eigenvalue weighted by Crippen LogP contribution is -2.37. The van der Waals surface area contributed by atoms with E-state index >= 15 is 0 Å². The lowest BCUT2D eigenvalue weighted by Gasteiger charge is -2.30. The maximum absolute atomic E-state index is 14.9. The Kier molecular flexibility index (Phi) is 9.32. The average molecular weight is 522 g/mol. The molecule has 200 valence electrons. The molecule has 38 heavy (non-hydrogen) atoms. The summed E-state index contributed by atoms with van der Waals surface area (Å²) in [6, 6.07) is 18.1. The molecule has 0 atom stereocenters. The number of rotatable bonds is 10. The van der Waals surface area contributed by atoms with Gasteiger partial charge in [-0.3, -0.25) is 4.79 Å². The van der Waals surface area contributed by atoms with Crippen LogP contribution >= 0.6 is 0 Å². The minimum Gasteiger partial charge on any atom is -0.491 e. The monoisotopic (exact) mass is 521 g/mol. The highest BCUT2D eigenvalue weighted by Gasteiger charge is 2.27. The molecule has 7 nitrogen and oxygen atoms in total. The van der Waals surface area contributed by atoms with Crippen molar-refractivity contribution < 1.29 is 32.9 Å². The zero-order chi connectivity index (χ0) is 26.9. The third-order valence-corrected chi connectivity index (χ3v) is 6.35. The van der Waals surface area contributed by atoms with Crippen LogP contribution in [0.25, 0.3) is 11.1 Å². The SMILES string of the molecule is CCOC(=O)Cc1ccc(OCCOC)c(-c2ccc(F)c3c2CN(C(=O)OCc2ccccc2)CC3)c1. The zero-order valence-electron chi connectivity index (χ0n) is 21.7. The molecule has 1 amide bonds. The predicted molar refractivity (Wildman–Crippen MR) is 140 cm³/mol. The Morgan fingerprint density at radius 2 is 1.74 bits per heavy atom. The molecule has 0 bridgehead atoms. The van der Waals surface area contributed by atoms with Gasteiger partial charge in [0.25, 0.3) is 0 Å². The average Bonchev–Trinajstić information content (AvgIpc) is 2.93. The molecule has 0 aromatic heterocycles. The van der Waals surface area contributed by atoms with Gasteiger partial charge in [0.2, 0.25) is 0 Å². The Morgan fingerprint density at radius 1 is 0.921 bits per heavy atom. The maximum Gasteiger partial charge on any atom is 0.410 e. The van der Waals surface area contributed by atoms with E-state index in [9.17, 15) is 14.0 Å². The third-order valence-electron chi connectivity index (χ3n) is 6.35. The molecule has 0 aliphatic carbocycles. The third kappa shape index (κ3) is 6.69. The van der Waals surface area contributed by atoms with Gasteiger partial charge in [0.1, 0.15) is 24.8 Å². The van der Waals surface area contributed by atoms with Crippen molar-refractivity contribution >= 4 is 12.1 Å². The molecule has 0 radical (unpaired) electrons. The largest absolute Gasteiger partial charge is 0.491 e. The van der Waals surface area contributed by atoms with E-state index in [4.69, 9.17) is 18.9 Å². The van der Waals surface area contributed by atoms with Crippen molar-refractivity contribution in [3.8, 4) is 16.9 Å². The van der Waals surface area contributed by atoms with Crippen LogP contribution in [0.4, 0.5) is 9.18 Å². The standard InChI is InChI=1S/C30H32FNO6/c1-3-36-29(33)18-22-9-12-28(37-16-15-35-2)25(17-22)23-10-11-27(31)24-13-14-32(19-26(23)24)30(34)38-20-21-7-5-4-6-8-21/h4-12,17H,3,13-16,18-20H2,1-2H3. The van der Waals surface area contributed by atoms with E-state index in [1.165, 1.54) is 6.07 Å². The molecular weight excluding hydrogens is 489 g/mol. The first-order chi connectivity index (χ1) is 18.5. The summed E-state index contributed by atoms with van der Waals surface area (Å²) in [5, 5.41) is 0. The van der Waals surface area contributed by atoms with E-state index in [-0.39, 0.29) is 31.4 Å². The Balaban J connectivity index is 1.64. The Hall–Kier alpha value is -3.91. The lowest BCUT2D eigenvalue weighted by atomic mass is 9.89. The number of hydrogen-bond donors (Lipinski definition) is 0. The number of carbonyl (C=O) groups is 2. The van der Waals surface area contributed by atoms with Crippen LogP contribution in [0, 0.1) is 5.82 Å². The van der Waals surface area contributed by atoms with E-state index in [1.807, 2.05) is 42.5 Å². The number of ether oxygens (including phenoxy) is 4. The molecule has 0 N–H and O–H groups in total. The van der Waals surface area contributed by atoms with Gasteiger partial charge >= 0.3 is 12.1 Å². The van der Waals surface area contributed by atoms with Crippen LogP contribution < -0.4 is 4.74 Å². The van der Waals surface area contributed by atoms with Gasteiger partial charge in [-0.2, -0.15) is 0 Å². The van der Waals surface area contributed by atoms with E-state index in [0.29, 0.717) is 55.2 Å². The number of benzene rings is 3. The van der Waals surface area contributed by atoms with Crippen LogP contribution in [-0.2, 0) is 45.0 Å². The molecule has 0 spiro atoms. The first kappa shape index (κ1) is 27.1. The fourth-order valence-corrected chi connectivity index (χ4v) is 4.49. The summed E-state index contributed by atoms with van der Waals surface area (Å²) >= 11 is 0. The fourth-order valence-electron chi connectivity index (χ4n) is 4.49. The van der Waals surface area contributed by atoms with Crippen LogP contribution in [-0.4, -0.2) is 50.4 Å². The van der Waals surface area contributed by atoms with Crippen molar-refractivity contribution in [1.29, 1.82) is 0 Å². The van der Waals surface area contributed by atoms with Crippen molar-refractivity contribution in [2.45, 2.75) is 32.9 Å². The van der Waals surface area contributed by atoms with Gasteiger partial charge in [-0.1, -0.05) is 42.5 Å². The number of carbonyl (C=O) groups excluding carboxylic acids is 2. The highest BCUT2D eigenvalue weighted by Crippen LogP contribution is 2.38. The maximum atomic E-state index is 14.9. The van der Waals surface area contributed by atoms with Gasteiger partial charge in [0.05, 0.1) is 19.6 Å². The van der Waals surface area contributed by atoms with Gasteiger partial charge in [0.15, 0.2) is 0 Å². The second kappa shape index (κ2) is 13.1. The summed E-state index contributed by atoms with van der Waals surface area (Å²) in [5.41, 5.74) is 4.33. The van der Waals surface area contributed by atoms with E-state index in [2.05, 4.69) is 0 Å². The molecule has 0 unspecified atom stereocenters. The number of halogens is 1. The van der Waals surface area contributed by atoms with Crippen LogP contribution in [0.1, 0.15) is 29.2 Å². The second-order valence-corrected chi connectivity index (χ2v) is 8.92. The van der Waals surface area contributed by atoms with Crippen molar-refractivity contribution in [3.63, 3.8) is 0 Å². The highest BCUT2D eigenvalue weighted by atomic mass is 19.1. The molecule has 3 aromatic carbocycles. The molecule has 1 aliphatic heterocycles. The second-order valence-electron chi connectivity index (χ2n) is 8.92. The van der Waals surface area contributed by atoms with Crippen molar-refractivity contribution in [2.24, 2.45) is 0 Å². The number of esters is 1. The van der Waals surface area contributed by atoms with E-state index < -0.39 is 6.09 Å². The number of fused-ring (bicyclic) bond motifs is 1. The van der Waals surface area contributed by atoms with Crippen LogP contribution in [0.15, 0.2) is 60.7 Å². The minimum absolute atomic E-state index is 0.0977. The van der Waals surface area contributed by atoms with Crippen molar-refractivity contribution in [2.75, 3.05) is 33.5 Å². The first-order valence-corrected chi connectivity index (χ1v) is 12.7. The van der Waals surface area contributed by atoms with Gasteiger partial charge in [-0.25, -0.2) is 9.18 Å². The Labute approximate surface area is 222 Å². The quantitative estimate of drug-likeness (QED) is 0.266. The molecular formula is C30H32FNO6. The predicted octanol–water partition coefficient (Wildman–Crippen LogP) is 5.32. The molecule has 1 aliphatic rings. The number of methoxy groups -OCH3 is 1. The molecule has 0 saturated carbocycles. The highest BCUT2D eigenvalue weighted by molar-refractivity contribution is 5.79. The first-order valence-electron chi connectivity index (χ1n) is 12.7. The number of amides is 1. The molecule has 8 heteroatoms. The van der Waals surface area contributed by atoms with E-state index in [0.717, 1.165) is 16.7 Å². The summed E-state index contributed by atoms with van der Waals surface area (Å²) in [6.07, 6.45) is 0.000522. The summed E-state index contributed by atoms with van der Waals surface area (Å²) in [4.78, 5) is 26.6. The normalized spacial score (nSPS) is 12.6. The Bertz CT molecular complexity index is 1260. The van der Waals surface area contributed by atoms with Crippen molar-refractivity contribution in [3.05, 3.63) is 88.7 Å². The number of hydrogen-bond acceptors (Lipinski definition) is 6. The Morgan fingerprint density at radius 3 is 2.50 bits per heavy atom. The molecule has 0 fully saturated rings. The van der Waals surface area contributed by atoms with Gasteiger partial charge in [-0.05, 0) is 59.4 Å². The lowest BCUT2D eigenvalue weighted by molar-refractivity contribution is -0.142. The summed E-state index contributed by atoms with van der Waals surface area (Å²) in [5.74, 6) is -0.0715. The fraction of sp³-hybridized carbons (Fsp3) is 0.333. The topological polar surface area (TPSA) is 74.3 Å². The molecule has 4 rings (SSSR count). The summed E-state index contributed by atoms with van der Waals surface area (Å²) in [7, 11) is 1.59. The molecule has 1 heterocycles. The summed E-state index contributed by atoms with van der Waals surface area (Å²) in [6.45, 7) is 3.47. The smallest absolute Gasteiger partial charge is 0.410 e. The van der Waals surface area contributed by atoms with Gasteiger partial charge in [0, 0.05) is 25.8 Å². The molecule has 0 saturated heterocycles. The van der Waals surface area contributed by atoms with Gasteiger partial charge in [-0.15, -0.1) is 0 Å². The zero-order valence-corrected chi connectivity index (χ0v) is 21.7. The summed E-state index contributed by atoms with van der Waals surface area (Å²) < 4.78 is 36.7. The van der Waals surface area contributed by atoms with Crippen LogP contribution in [0.2, 0.25) is 0 Å². The van der Waals surface area contributed by atoms with Crippen LogP contribution in [0.5, 0.6) is 5.75 Å². The van der Waals surface area contributed by atoms with Crippen molar-refractivity contribution in [1.82, 2.24) is 4.90 Å². The van der Waals surface area contributed by atoms with E-state index in [1.54, 1.807) is 31.1 Å².